The van der Waals surface area contributed by atoms with E-state index in [0.717, 1.165) is 49.4 Å². The van der Waals surface area contributed by atoms with Gasteiger partial charge in [0.2, 0.25) is 0 Å². The van der Waals surface area contributed by atoms with Gasteiger partial charge in [0.05, 0.1) is 11.7 Å². The van der Waals surface area contributed by atoms with E-state index in [-0.39, 0.29) is 16.9 Å². The summed E-state index contributed by atoms with van der Waals surface area (Å²) in [4.78, 5) is 7.19. The van der Waals surface area contributed by atoms with Gasteiger partial charge < -0.3 is 15.4 Å². The molecule has 2 aromatic rings. The van der Waals surface area contributed by atoms with E-state index in [1.165, 1.54) is 17.7 Å². The molecule has 3 spiro atoms. The molecule has 4 unspecified atom stereocenters. The largest absolute Gasteiger partial charge is 0.416 e. The molecule has 4 aliphatic rings. The van der Waals surface area contributed by atoms with Gasteiger partial charge in [-0.1, -0.05) is 24.3 Å². The smallest absolute Gasteiger partial charge is 0.381 e. The van der Waals surface area contributed by atoms with E-state index in [1.807, 2.05) is 18.0 Å². The molecule has 0 bridgehead atoms. The summed E-state index contributed by atoms with van der Waals surface area (Å²) in [6.07, 6.45) is -0.296. The van der Waals surface area contributed by atoms with Gasteiger partial charge >= 0.3 is 6.18 Å². The first-order chi connectivity index (χ1) is 15.2. The summed E-state index contributed by atoms with van der Waals surface area (Å²) in [5.74, 6) is 0.538. The van der Waals surface area contributed by atoms with E-state index >= 15 is 0 Å². The molecule has 32 heavy (non-hydrogen) atoms. The van der Waals surface area contributed by atoms with Gasteiger partial charge in [-0.15, -0.1) is 0 Å². The first kappa shape index (κ1) is 20.1. The van der Waals surface area contributed by atoms with E-state index in [4.69, 9.17) is 15.5 Å². The van der Waals surface area contributed by atoms with Crippen molar-refractivity contribution in [1.29, 1.82) is 0 Å². The molecular weight excluding hydrogens is 415 g/mol. The number of rotatable bonds is 2. The number of ether oxygens (including phenoxy) is 1. The van der Waals surface area contributed by atoms with Crippen LogP contribution in [0.2, 0.25) is 0 Å². The lowest BCUT2D eigenvalue weighted by atomic mass is 9.73. The van der Waals surface area contributed by atoms with E-state index in [0.29, 0.717) is 11.5 Å². The molecule has 2 fully saturated rings. The fourth-order valence-electron chi connectivity index (χ4n) is 7.38. The van der Waals surface area contributed by atoms with Crippen LogP contribution in [0.3, 0.4) is 0 Å². The van der Waals surface area contributed by atoms with Gasteiger partial charge in [-0.25, -0.2) is 4.99 Å². The number of hydrogen-bond donors (Lipinski definition) is 1. The molecular formula is C25H26F3N3O. The molecule has 0 radical (unpaired) electrons. The minimum atomic E-state index is -4.37. The van der Waals surface area contributed by atoms with E-state index in [2.05, 4.69) is 12.1 Å². The molecule has 4 nitrogen and oxygen atoms in total. The van der Waals surface area contributed by atoms with Crippen molar-refractivity contribution in [1.82, 2.24) is 4.90 Å². The number of aliphatic imine (C=N–C) groups is 1. The first-order valence-corrected chi connectivity index (χ1v) is 11.1. The fourth-order valence-corrected chi connectivity index (χ4v) is 7.38. The quantitative estimate of drug-likeness (QED) is 0.743. The van der Waals surface area contributed by atoms with Crippen LogP contribution in [0.4, 0.5) is 13.2 Å². The molecule has 2 N–H and O–H groups in total. The molecule has 6 rings (SSSR count). The number of fused-ring (bicyclic) bond motifs is 1. The highest BCUT2D eigenvalue weighted by Crippen LogP contribution is 2.89. The molecule has 3 aliphatic carbocycles. The maximum atomic E-state index is 13.3. The molecule has 2 aromatic carbocycles. The molecule has 0 amide bonds. The van der Waals surface area contributed by atoms with Crippen molar-refractivity contribution in [2.24, 2.45) is 21.6 Å². The molecule has 7 heteroatoms. The van der Waals surface area contributed by atoms with Crippen LogP contribution in [-0.2, 0) is 22.9 Å². The van der Waals surface area contributed by atoms with Crippen LogP contribution >= 0.6 is 0 Å². The van der Waals surface area contributed by atoms with Crippen molar-refractivity contribution >= 4 is 5.96 Å². The van der Waals surface area contributed by atoms with Gasteiger partial charge in [0, 0.05) is 31.5 Å². The average Bonchev–Trinajstić information content (AvgIpc) is 3.13. The van der Waals surface area contributed by atoms with Gasteiger partial charge in [-0.3, -0.25) is 0 Å². The molecule has 168 valence electrons. The van der Waals surface area contributed by atoms with Crippen LogP contribution in [0.15, 0.2) is 47.5 Å². The first-order valence-electron chi connectivity index (χ1n) is 11.1. The maximum Gasteiger partial charge on any atom is 0.416 e. The highest BCUT2D eigenvalue weighted by Gasteiger charge is 2.91. The number of benzene rings is 2. The van der Waals surface area contributed by atoms with Crippen LogP contribution in [0.1, 0.15) is 36.0 Å². The van der Waals surface area contributed by atoms with E-state index in [9.17, 15) is 13.2 Å². The van der Waals surface area contributed by atoms with E-state index < -0.39 is 17.3 Å². The van der Waals surface area contributed by atoms with Gasteiger partial charge in [-0.2, -0.15) is 13.2 Å². The van der Waals surface area contributed by atoms with Crippen molar-refractivity contribution in [3.8, 4) is 11.1 Å². The molecule has 0 aromatic heterocycles. The SMILES string of the molecule is COC1CCC23Cc4ccc(-c5cccc(C(F)(F)F)c5)cc4C24N=C(N)N(C)CC34C1. The highest BCUT2D eigenvalue weighted by atomic mass is 19.4. The normalized spacial score (nSPS) is 34.8. The second-order valence-corrected chi connectivity index (χ2v) is 9.93. The lowest BCUT2D eigenvalue weighted by Crippen LogP contribution is -2.47. The summed E-state index contributed by atoms with van der Waals surface area (Å²) in [6.45, 7) is 0.829. The number of hydrogen-bond acceptors (Lipinski definition) is 4. The number of alkyl halides is 3. The van der Waals surface area contributed by atoms with Crippen molar-refractivity contribution in [3.63, 3.8) is 0 Å². The van der Waals surface area contributed by atoms with E-state index in [1.54, 1.807) is 13.2 Å². The predicted molar refractivity (Wildman–Crippen MR) is 116 cm³/mol. The molecule has 1 aliphatic heterocycles. The summed E-state index contributed by atoms with van der Waals surface area (Å²) in [5.41, 5.74) is 9.02. The molecule has 2 saturated carbocycles. The third kappa shape index (κ3) is 2.20. The number of nitrogens with zero attached hydrogens (tertiary/aromatic N) is 2. The van der Waals surface area contributed by atoms with Crippen molar-refractivity contribution in [2.75, 3.05) is 20.7 Å². The monoisotopic (exact) mass is 441 g/mol. The molecule has 4 atom stereocenters. The van der Waals surface area contributed by atoms with Gasteiger partial charge in [-0.05, 0) is 66.1 Å². The Balaban J connectivity index is 1.50. The Kier molecular flexibility index (Phi) is 3.81. The van der Waals surface area contributed by atoms with Crippen LogP contribution in [0.5, 0.6) is 0 Å². The summed E-state index contributed by atoms with van der Waals surface area (Å²) < 4.78 is 45.7. The minimum absolute atomic E-state index is 0.0131. The topological polar surface area (TPSA) is 50.9 Å². The minimum Gasteiger partial charge on any atom is -0.381 e. The Bertz CT molecular complexity index is 1160. The summed E-state index contributed by atoms with van der Waals surface area (Å²) >= 11 is 0. The third-order valence-corrected chi connectivity index (χ3v) is 8.74. The Morgan fingerprint density at radius 2 is 1.91 bits per heavy atom. The second-order valence-electron chi connectivity index (χ2n) is 9.93. The van der Waals surface area contributed by atoms with Gasteiger partial charge in [0.15, 0.2) is 5.96 Å². The number of guanidine groups is 1. The Labute approximate surface area is 185 Å². The van der Waals surface area contributed by atoms with Crippen LogP contribution in [0, 0.1) is 10.8 Å². The van der Waals surface area contributed by atoms with Crippen LogP contribution in [0.25, 0.3) is 11.1 Å². The zero-order valence-corrected chi connectivity index (χ0v) is 18.2. The zero-order valence-electron chi connectivity index (χ0n) is 18.2. The van der Waals surface area contributed by atoms with Crippen molar-refractivity contribution in [3.05, 3.63) is 59.2 Å². The average molecular weight is 441 g/mol. The van der Waals surface area contributed by atoms with Crippen molar-refractivity contribution in [2.45, 2.75) is 43.5 Å². The van der Waals surface area contributed by atoms with Crippen LogP contribution in [-0.4, -0.2) is 37.7 Å². The van der Waals surface area contributed by atoms with Gasteiger partial charge in [0.1, 0.15) is 5.54 Å². The Morgan fingerprint density at radius 3 is 2.66 bits per heavy atom. The zero-order chi connectivity index (χ0) is 22.5. The number of nitrogens with two attached hydrogens (primary N) is 1. The molecule has 0 saturated heterocycles. The number of methoxy groups -OCH3 is 1. The Hall–Kier alpha value is -2.54. The lowest BCUT2D eigenvalue weighted by Gasteiger charge is -2.39. The fraction of sp³-hybridized carbons (Fsp3) is 0.480. The van der Waals surface area contributed by atoms with Gasteiger partial charge in [0.25, 0.3) is 0 Å². The lowest BCUT2D eigenvalue weighted by molar-refractivity contribution is -0.137. The van der Waals surface area contributed by atoms with Crippen molar-refractivity contribution < 1.29 is 17.9 Å². The standard InChI is InChI=1S/C25H26F3N3O/c1-31-14-23-13-19(32-2)8-9-22(23)12-17-7-6-16(11-20(17)24(22,23)30-21(31)29)15-4-3-5-18(10-15)25(26,27)28/h3-7,10-11,19H,8-9,12-14H2,1-2H3,(H2,29,30). The van der Waals surface area contributed by atoms with Crippen LogP contribution < -0.4 is 5.73 Å². The summed E-state index contributed by atoms with van der Waals surface area (Å²) in [7, 11) is 3.76. The Morgan fingerprint density at radius 1 is 1.12 bits per heavy atom. The summed E-state index contributed by atoms with van der Waals surface area (Å²) in [5, 5.41) is 0. The number of halogens is 3. The maximum absolute atomic E-state index is 13.3. The summed E-state index contributed by atoms with van der Waals surface area (Å²) in [6, 6.07) is 11.6. The molecule has 1 heterocycles. The predicted octanol–water partition coefficient (Wildman–Crippen LogP) is 4.57. The third-order valence-electron chi connectivity index (χ3n) is 8.74. The highest BCUT2D eigenvalue weighted by molar-refractivity contribution is 5.83. The second kappa shape index (κ2) is 6.07.